The Balaban J connectivity index is 1.05. The van der Waals surface area contributed by atoms with E-state index in [0.717, 1.165) is 41.4 Å². The third-order valence-electron chi connectivity index (χ3n) is 10.4. The molecule has 0 spiro atoms. The Labute approximate surface area is 145 Å². The molecule has 1 N–H and O–H groups in total. The van der Waals surface area contributed by atoms with Gasteiger partial charge in [0.25, 0.3) is 0 Å². The number of hydrogen-bond acceptors (Lipinski definition) is 2. The summed E-state index contributed by atoms with van der Waals surface area (Å²) in [5, 5.41) is 0. The van der Waals surface area contributed by atoms with Crippen LogP contribution in [-0.4, -0.2) is 26.9 Å². The second kappa shape index (κ2) is 3.54. The zero-order chi connectivity index (χ0) is 17.2. The van der Waals surface area contributed by atoms with Crippen LogP contribution in [0.3, 0.4) is 0 Å². The summed E-state index contributed by atoms with van der Waals surface area (Å²) in [5.41, 5.74) is -1.98. The lowest BCUT2D eigenvalue weighted by atomic mass is 8.96. The topological polar surface area (TPSA) is 46.2 Å². The van der Waals surface area contributed by atoms with Crippen molar-refractivity contribution < 1.29 is 21.6 Å². The van der Waals surface area contributed by atoms with Gasteiger partial charge >= 0.3 is 6.18 Å². The molecule has 8 aliphatic rings. The summed E-state index contributed by atoms with van der Waals surface area (Å²) in [7, 11) is -3.49. The van der Waals surface area contributed by atoms with Crippen LogP contribution < -0.4 is 4.72 Å². The number of rotatable bonds is 5. The van der Waals surface area contributed by atoms with E-state index in [1.165, 1.54) is 0 Å². The third-order valence-corrected chi connectivity index (χ3v) is 11.9. The van der Waals surface area contributed by atoms with E-state index in [0.29, 0.717) is 19.4 Å². The highest BCUT2D eigenvalue weighted by atomic mass is 32.2. The fourth-order valence-corrected chi connectivity index (χ4v) is 11.4. The molecule has 0 aromatic heterocycles. The number of sulfonamides is 1. The largest absolute Gasteiger partial charge is 0.394 e. The molecule has 0 amide bonds. The Morgan fingerprint density at radius 2 is 1.48 bits per heavy atom. The maximum absolute atomic E-state index is 13.4. The second-order valence-corrected chi connectivity index (χ2v) is 12.3. The van der Waals surface area contributed by atoms with Crippen LogP contribution in [0.25, 0.3) is 0 Å². The first kappa shape index (κ1) is 14.7. The van der Waals surface area contributed by atoms with Gasteiger partial charge in [-0.05, 0) is 84.4 Å². The molecule has 3 nitrogen and oxygen atoms in total. The zero-order valence-electron chi connectivity index (χ0n) is 13.8. The summed E-state index contributed by atoms with van der Waals surface area (Å²) in [5.74, 6) is 6.01. The fourth-order valence-electron chi connectivity index (χ4n) is 9.62. The lowest BCUT2D eigenvalue weighted by molar-refractivity contribution is -0.611. The average molecular weight is 373 g/mol. The lowest BCUT2D eigenvalue weighted by Gasteiger charge is -3.08. The standard InChI is InChI=1S/C18H22F3NO2S/c19-18(20,21)16-3-1-15(5-16,2-4-16)7-25(23,24)22-6-17-12-9-8-10(12)14(17)11(8)13(9)17/h8-14,22H,1-7H2. The van der Waals surface area contributed by atoms with E-state index in [1.807, 2.05) is 0 Å². The number of fused-ring (bicyclic) bond motifs is 2. The predicted octanol–water partition coefficient (Wildman–Crippen LogP) is 2.79. The Hall–Kier alpha value is -0.300. The van der Waals surface area contributed by atoms with Crippen LogP contribution in [0.15, 0.2) is 0 Å². The number of alkyl halides is 3. The highest BCUT2D eigenvalue weighted by Crippen LogP contribution is 3.05. The zero-order valence-corrected chi connectivity index (χ0v) is 14.7. The molecule has 0 aromatic rings. The Morgan fingerprint density at radius 3 is 1.96 bits per heavy atom. The monoisotopic (exact) mass is 373 g/mol. The third kappa shape index (κ3) is 1.22. The van der Waals surface area contributed by atoms with E-state index in [-0.39, 0.29) is 30.4 Å². The average Bonchev–Trinajstić information content (AvgIpc) is 3.09. The van der Waals surface area contributed by atoms with Crippen molar-refractivity contribution >= 4 is 10.0 Å². The molecule has 2 bridgehead atoms. The minimum absolute atomic E-state index is 0.0112. The first-order valence-electron chi connectivity index (χ1n) is 9.69. The molecular weight excluding hydrogens is 351 g/mol. The molecule has 8 saturated carbocycles. The summed E-state index contributed by atoms with van der Waals surface area (Å²) in [6, 6.07) is 0. The van der Waals surface area contributed by atoms with Gasteiger partial charge in [0.15, 0.2) is 0 Å². The van der Waals surface area contributed by atoms with Crippen molar-refractivity contribution in [3.8, 4) is 0 Å². The van der Waals surface area contributed by atoms with Crippen molar-refractivity contribution in [2.75, 3.05) is 12.3 Å². The molecule has 25 heavy (non-hydrogen) atoms. The molecule has 0 saturated heterocycles. The van der Waals surface area contributed by atoms with E-state index in [9.17, 15) is 21.6 Å². The van der Waals surface area contributed by atoms with Crippen molar-refractivity contribution in [1.29, 1.82) is 0 Å². The van der Waals surface area contributed by atoms with Gasteiger partial charge < -0.3 is 0 Å². The van der Waals surface area contributed by atoms with Crippen molar-refractivity contribution in [2.24, 2.45) is 57.7 Å². The molecule has 8 rings (SSSR count). The van der Waals surface area contributed by atoms with Crippen molar-refractivity contribution in [3.05, 3.63) is 0 Å². The van der Waals surface area contributed by atoms with Gasteiger partial charge in [-0.25, -0.2) is 13.1 Å². The summed E-state index contributed by atoms with van der Waals surface area (Å²) < 4.78 is 68.3. The molecule has 0 radical (unpaired) electrons. The number of nitrogens with one attached hydrogen (secondary N) is 1. The maximum atomic E-state index is 13.4. The maximum Gasteiger partial charge on any atom is 0.394 e. The molecule has 8 fully saturated rings. The molecule has 0 aliphatic heterocycles. The summed E-state index contributed by atoms with van der Waals surface area (Å²) in [6.07, 6.45) is -3.17. The summed E-state index contributed by atoms with van der Waals surface area (Å²) in [4.78, 5) is 0. The molecule has 7 heteroatoms. The van der Waals surface area contributed by atoms with Gasteiger partial charge in [-0.15, -0.1) is 0 Å². The molecule has 0 unspecified atom stereocenters. The van der Waals surface area contributed by atoms with Gasteiger partial charge in [0.05, 0.1) is 11.2 Å². The van der Waals surface area contributed by atoms with Gasteiger partial charge in [0, 0.05) is 6.54 Å². The van der Waals surface area contributed by atoms with Crippen LogP contribution in [0.5, 0.6) is 0 Å². The van der Waals surface area contributed by atoms with Gasteiger partial charge in [-0.3, -0.25) is 0 Å². The number of hydrogen-bond donors (Lipinski definition) is 1. The van der Waals surface area contributed by atoms with Crippen LogP contribution >= 0.6 is 0 Å². The van der Waals surface area contributed by atoms with Gasteiger partial charge in [0.1, 0.15) is 0 Å². The first-order valence-corrected chi connectivity index (χ1v) is 11.3. The van der Waals surface area contributed by atoms with E-state index >= 15 is 0 Å². The SMILES string of the molecule is O=S(=O)(CC12CCC(C(F)(F)F)(CC1)C2)NCC12C3C4C5C3C1C5C42. The van der Waals surface area contributed by atoms with Crippen LogP contribution in [0.2, 0.25) is 0 Å². The van der Waals surface area contributed by atoms with Crippen LogP contribution in [-0.2, 0) is 10.0 Å². The molecule has 8 aliphatic carbocycles. The predicted molar refractivity (Wildman–Crippen MR) is 82.7 cm³/mol. The van der Waals surface area contributed by atoms with Crippen LogP contribution in [0.4, 0.5) is 13.2 Å². The molecular formula is C18H22F3NO2S. The van der Waals surface area contributed by atoms with Crippen molar-refractivity contribution in [2.45, 2.75) is 38.3 Å². The van der Waals surface area contributed by atoms with E-state index in [2.05, 4.69) is 4.72 Å². The summed E-state index contributed by atoms with van der Waals surface area (Å²) in [6.45, 7) is 0.562. The minimum atomic E-state index is -4.20. The molecule has 0 aromatic carbocycles. The highest BCUT2D eigenvalue weighted by Gasteiger charge is 3.03. The van der Waals surface area contributed by atoms with E-state index in [4.69, 9.17) is 0 Å². The van der Waals surface area contributed by atoms with E-state index < -0.39 is 27.0 Å². The van der Waals surface area contributed by atoms with Gasteiger partial charge in [-0.2, -0.15) is 13.2 Å². The van der Waals surface area contributed by atoms with Gasteiger partial charge in [0.2, 0.25) is 10.0 Å². The van der Waals surface area contributed by atoms with Crippen LogP contribution in [0.1, 0.15) is 32.1 Å². The Kier molecular flexibility index (Phi) is 2.09. The Bertz CT molecular complexity index is 760. The highest BCUT2D eigenvalue weighted by molar-refractivity contribution is 7.89. The van der Waals surface area contributed by atoms with E-state index in [1.54, 1.807) is 0 Å². The molecule has 138 valence electrons. The fraction of sp³-hybridized carbons (Fsp3) is 1.00. The molecule has 0 atom stereocenters. The van der Waals surface area contributed by atoms with Gasteiger partial charge in [-0.1, -0.05) is 0 Å². The quantitative estimate of drug-likeness (QED) is 0.806. The molecule has 0 heterocycles. The van der Waals surface area contributed by atoms with Crippen molar-refractivity contribution in [3.63, 3.8) is 0 Å². The van der Waals surface area contributed by atoms with Crippen molar-refractivity contribution in [1.82, 2.24) is 4.72 Å². The Morgan fingerprint density at radius 1 is 0.920 bits per heavy atom. The first-order chi connectivity index (χ1) is 11.7. The number of halogens is 3. The van der Waals surface area contributed by atoms with Crippen LogP contribution in [0, 0.1) is 57.7 Å². The summed E-state index contributed by atoms with van der Waals surface area (Å²) >= 11 is 0. The second-order valence-electron chi connectivity index (χ2n) is 10.5. The normalized spacial score (nSPS) is 63.9. The lowest BCUT2D eigenvalue weighted by Crippen LogP contribution is -3.06. The minimum Gasteiger partial charge on any atom is -0.215 e. The smallest absolute Gasteiger partial charge is 0.215 e.